The molecule has 1 unspecified atom stereocenters. The third-order valence-electron chi connectivity index (χ3n) is 3.21. The Morgan fingerprint density at radius 2 is 2.00 bits per heavy atom. The minimum Gasteiger partial charge on any atom is -0.271 e. The summed E-state index contributed by atoms with van der Waals surface area (Å²) in [5, 5.41) is 0. The molecule has 0 spiro atoms. The number of halogens is 3. The normalized spacial score (nSPS) is 14.1. The fourth-order valence-electron chi connectivity index (χ4n) is 1.93. The highest BCUT2D eigenvalue weighted by atomic mass is 32.2. The van der Waals surface area contributed by atoms with Crippen molar-refractivity contribution in [1.82, 2.24) is 5.43 Å². The molecule has 0 bridgehead atoms. The van der Waals surface area contributed by atoms with E-state index in [-0.39, 0.29) is 11.5 Å². The first-order valence-electron chi connectivity index (χ1n) is 6.53. The Morgan fingerprint density at radius 1 is 1.33 bits per heavy atom. The summed E-state index contributed by atoms with van der Waals surface area (Å²) < 4.78 is 60.8. The Bertz CT molecular complexity index is 559. The Balaban J connectivity index is 2.77. The van der Waals surface area contributed by atoms with Crippen LogP contribution < -0.4 is 11.3 Å². The van der Waals surface area contributed by atoms with Crippen molar-refractivity contribution in [3.05, 3.63) is 35.4 Å². The fraction of sp³-hybridized carbons (Fsp3) is 0.538. The SMILES string of the molecule is CCS(=O)(=O)CCCC(NN)c1cccc(C(F)(F)F)c1. The molecule has 0 fully saturated rings. The van der Waals surface area contributed by atoms with Crippen LogP contribution in [0.2, 0.25) is 0 Å². The molecule has 120 valence electrons. The highest BCUT2D eigenvalue weighted by Crippen LogP contribution is 2.31. The average Bonchev–Trinajstić information content (AvgIpc) is 2.43. The average molecular weight is 324 g/mol. The topological polar surface area (TPSA) is 72.2 Å². The van der Waals surface area contributed by atoms with E-state index in [1.165, 1.54) is 12.1 Å². The molecular formula is C13H19F3N2O2S. The fourth-order valence-corrected chi connectivity index (χ4v) is 2.82. The minimum atomic E-state index is -4.42. The van der Waals surface area contributed by atoms with E-state index >= 15 is 0 Å². The van der Waals surface area contributed by atoms with E-state index in [4.69, 9.17) is 5.84 Å². The van der Waals surface area contributed by atoms with Crippen molar-refractivity contribution >= 4 is 9.84 Å². The maximum Gasteiger partial charge on any atom is 0.416 e. The largest absolute Gasteiger partial charge is 0.416 e. The van der Waals surface area contributed by atoms with Gasteiger partial charge in [-0.15, -0.1) is 0 Å². The summed E-state index contributed by atoms with van der Waals surface area (Å²) in [5.74, 6) is 5.42. The summed E-state index contributed by atoms with van der Waals surface area (Å²) in [6, 6.07) is 4.34. The van der Waals surface area contributed by atoms with Crippen LogP contribution in [0.5, 0.6) is 0 Å². The molecule has 0 aromatic heterocycles. The summed E-state index contributed by atoms with van der Waals surface area (Å²) in [7, 11) is -3.09. The summed E-state index contributed by atoms with van der Waals surface area (Å²) in [4.78, 5) is 0. The number of hydrogen-bond donors (Lipinski definition) is 2. The van der Waals surface area contributed by atoms with E-state index in [1.807, 2.05) is 0 Å². The zero-order valence-electron chi connectivity index (χ0n) is 11.7. The summed E-state index contributed by atoms with van der Waals surface area (Å²) in [6.45, 7) is 1.56. The van der Waals surface area contributed by atoms with E-state index in [0.29, 0.717) is 18.4 Å². The van der Waals surface area contributed by atoms with Gasteiger partial charge < -0.3 is 0 Å². The number of sulfone groups is 1. The van der Waals surface area contributed by atoms with Crippen LogP contribution in [-0.4, -0.2) is 19.9 Å². The number of benzene rings is 1. The van der Waals surface area contributed by atoms with Crippen LogP contribution in [-0.2, 0) is 16.0 Å². The zero-order chi connectivity index (χ0) is 16.1. The lowest BCUT2D eigenvalue weighted by atomic mass is 10.0. The third kappa shape index (κ3) is 5.64. The minimum absolute atomic E-state index is 0.000636. The second-order valence-electron chi connectivity index (χ2n) is 4.72. The molecule has 0 aliphatic rings. The van der Waals surface area contributed by atoms with Gasteiger partial charge in [0, 0.05) is 11.8 Å². The molecule has 1 aromatic carbocycles. The van der Waals surface area contributed by atoms with E-state index in [1.54, 1.807) is 6.92 Å². The van der Waals surface area contributed by atoms with E-state index in [0.717, 1.165) is 12.1 Å². The van der Waals surface area contributed by atoms with Gasteiger partial charge in [-0.2, -0.15) is 13.2 Å². The van der Waals surface area contributed by atoms with Crippen molar-refractivity contribution in [3.63, 3.8) is 0 Å². The number of hydrazine groups is 1. The zero-order valence-corrected chi connectivity index (χ0v) is 12.5. The van der Waals surface area contributed by atoms with Gasteiger partial charge in [0.25, 0.3) is 0 Å². The van der Waals surface area contributed by atoms with Gasteiger partial charge in [0.05, 0.1) is 11.3 Å². The number of nitrogens with one attached hydrogen (secondary N) is 1. The molecule has 0 heterocycles. The van der Waals surface area contributed by atoms with E-state index in [2.05, 4.69) is 5.43 Å². The predicted molar refractivity (Wildman–Crippen MR) is 75.1 cm³/mol. The summed E-state index contributed by atoms with van der Waals surface area (Å²) in [6.07, 6.45) is -3.74. The van der Waals surface area contributed by atoms with Crippen LogP contribution in [0.4, 0.5) is 13.2 Å². The molecule has 0 radical (unpaired) electrons. The van der Waals surface area contributed by atoms with Gasteiger partial charge >= 0.3 is 6.18 Å². The van der Waals surface area contributed by atoms with Crippen LogP contribution in [0.25, 0.3) is 0 Å². The number of alkyl halides is 3. The summed E-state index contributed by atoms with van der Waals surface area (Å²) >= 11 is 0. The Hall–Kier alpha value is -1.12. The Morgan fingerprint density at radius 3 is 2.52 bits per heavy atom. The molecule has 8 heteroatoms. The molecule has 1 rings (SSSR count). The Labute approximate surface area is 122 Å². The van der Waals surface area contributed by atoms with Gasteiger partial charge in [0.15, 0.2) is 0 Å². The van der Waals surface area contributed by atoms with E-state index < -0.39 is 27.6 Å². The quantitative estimate of drug-likeness (QED) is 0.597. The lowest BCUT2D eigenvalue weighted by molar-refractivity contribution is -0.137. The van der Waals surface area contributed by atoms with Gasteiger partial charge in [-0.05, 0) is 30.5 Å². The maximum absolute atomic E-state index is 12.7. The number of nitrogens with two attached hydrogens (primary N) is 1. The Kier molecular flexibility index (Phi) is 6.18. The second kappa shape index (κ2) is 7.24. The first-order valence-corrected chi connectivity index (χ1v) is 8.35. The highest BCUT2D eigenvalue weighted by molar-refractivity contribution is 7.91. The van der Waals surface area contributed by atoms with Crippen LogP contribution in [0.3, 0.4) is 0 Å². The smallest absolute Gasteiger partial charge is 0.271 e. The van der Waals surface area contributed by atoms with Gasteiger partial charge in [-0.1, -0.05) is 19.1 Å². The molecule has 0 saturated carbocycles. The number of rotatable bonds is 7. The van der Waals surface area contributed by atoms with Crippen LogP contribution >= 0.6 is 0 Å². The van der Waals surface area contributed by atoms with Gasteiger partial charge in [-0.3, -0.25) is 11.3 Å². The van der Waals surface area contributed by atoms with Gasteiger partial charge in [-0.25, -0.2) is 8.42 Å². The van der Waals surface area contributed by atoms with Gasteiger partial charge in [0.1, 0.15) is 9.84 Å². The first-order chi connectivity index (χ1) is 9.69. The standard InChI is InChI=1S/C13H19F3N2O2S/c1-2-21(19,20)8-4-7-12(18-17)10-5-3-6-11(9-10)13(14,15)16/h3,5-6,9,12,18H,2,4,7-8,17H2,1H3. The molecular weight excluding hydrogens is 305 g/mol. The predicted octanol–water partition coefficient (Wildman–Crippen LogP) is 2.42. The second-order valence-corrected chi connectivity index (χ2v) is 7.19. The lowest BCUT2D eigenvalue weighted by Crippen LogP contribution is -2.28. The molecule has 4 nitrogen and oxygen atoms in total. The molecule has 0 aliphatic heterocycles. The van der Waals surface area contributed by atoms with Crippen molar-refractivity contribution < 1.29 is 21.6 Å². The van der Waals surface area contributed by atoms with Crippen LogP contribution in [0.1, 0.15) is 36.9 Å². The molecule has 1 aromatic rings. The molecule has 1 atom stereocenters. The van der Waals surface area contributed by atoms with Crippen molar-refractivity contribution in [2.75, 3.05) is 11.5 Å². The molecule has 3 N–H and O–H groups in total. The highest BCUT2D eigenvalue weighted by Gasteiger charge is 2.30. The molecule has 21 heavy (non-hydrogen) atoms. The monoisotopic (exact) mass is 324 g/mol. The van der Waals surface area contributed by atoms with Crippen molar-refractivity contribution in [2.45, 2.75) is 32.0 Å². The molecule has 0 amide bonds. The molecule has 0 saturated heterocycles. The van der Waals surface area contributed by atoms with Crippen molar-refractivity contribution in [3.8, 4) is 0 Å². The van der Waals surface area contributed by atoms with Crippen molar-refractivity contribution in [2.24, 2.45) is 5.84 Å². The first kappa shape index (κ1) is 17.9. The summed E-state index contributed by atoms with van der Waals surface area (Å²) in [5.41, 5.74) is 2.08. The third-order valence-corrected chi connectivity index (χ3v) is 5.00. The van der Waals surface area contributed by atoms with E-state index in [9.17, 15) is 21.6 Å². The lowest BCUT2D eigenvalue weighted by Gasteiger charge is -2.17. The van der Waals surface area contributed by atoms with Crippen LogP contribution in [0, 0.1) is 0 Å². The molecule has 0 aliphatic carbocycles. The maximum atomic E-state index is 12.7. The van der Waals surface area contributed by atoms with Gasteiger partial charge in [0.2, 0.25) is 0 Å². The van der Waals surface area contributed by atoms with Crippen molar-refractivity contribution in [1.29, 1.82) is 0 Å². The number of hydrogen-bond acceptors (Lipinski definition) is 4. The van der Waals surface area contributed by atoms with Crippen LogP contribution in [0.15, 0.2) is 24.3 Å².